The molecule has 0 fully saturated rings. The first kappa shape index (κ1) is 26.5. The van der Waals surface area contributed by atoms with Crippen molar-refractivity contribution in [3.63, 3.8) is 0 Å². The van der Waals surface area contributed by atoms with Crippen molar-refractivity contribution in [1.29, 1.82) is 0 Å². The highest BCUT2D eigenvalue weighted by atomic mass is 16.5. The average Bonchev–Trinajstić information content (AvgIpc) is 2.70. The molecule has 1 N–H and O–H groups in total. The zero-order valence-electron chi connectivity index (χ0n) is 18.3. The van der Waals surface area contributed by atoms with Gasteiger partial charge in [-0.2, -0.15) is 0 Å². The third kappa shape index (κ3) is 20.8. The van der Waals surface area contributed by atoms with Gasteiger partial charge in [-0.05, 0) is 32.1 Å². The highest BCUT2D eigenvalue weighted by molar-refractivity contribution is 5.71. The molecule has 164 valence electrons. The Morgan fingerprint density at radius 3 is 1.89 bits per heavy atom. The fourth-order valence-electron chi connectivity index (χ4n) is 2.95. The number of unbranched alkanes of at least 4 members (excludes halogenated alkanes) is 12. The maximum Gasteiger partial charge on any atom is 0.406 e. The summed E-state index contributed by atoms with van der Waals surface area (Å²) in [7, 11) is 1.29. The van der Waals surface area contributed by atoms with E-state index in [-0.39, 0.29) is 18.9 Å². The Balaban J connectivity index is 3.21. The van der Waals surface area contributed by atoms with Gasteiger partial charge in [0.05, 0.1) is 20.1 Å². The van der Waals surface area contributed by atoms with E-state index in [9.17, 15) is 9.59 Å². The minimum atomic E-state index is -0.527. The second-order valence-electron chi connectivity index (χ2n) is 7.33. The number of carbonyl (C=O) groups excluding carboxylic acids is 2. The Morgan fingerprint density at radius 2 is 1.32 bits per heavy atom. The summed E-state index contributed by atoms with van der Waals surface area (Å²) in [6, 6.07) is 0. The number of rotatable bonds is 19. The maximum absolute atomic E-state index is 11.5. The van der Waals surface area contributed by atoms with Crippen molar-refractivity contribution < 1.29 is 19.1 Å². The van der Waals surface area contributed by atoms with Gasteiger partial charge in [-0.15, -0.1) is 0 Å². The molecule has 0 aliphatic heterocycles. The first-order valence-corrected chi connectivity index (χ1v) is 11.3. The van der Waals surface area contributed by atoms with Crippen LogP contribution in [0.1, 0.15) is 103 Å². The third-order valence-corrected chi connectivity index (χ3v) is 4.70. The molecule has 0 rings (SSSR count). The van der Waals surface area contributed by atoms with Gasteiger partial charge in [0.2, 0.25) is 0 Å². The number of allylic oxidation sites excluding steroid dienone is 2. The first-order chi connectivity index (χ1) is 13.7. The predicted molar refractivity (Wildman–Crippen MR) is 115 cm³/mol. The molecule has 1 amide bonds. The molecule has 5 heteroatoms. The molecule has 0 atom stereocenters. The Kier molecular flexibility index (Phi) is 20.6. The third-order valence-electron chi connectivity index (χ3n) is 4.70. The van der Waals surface area contributed by atoms with Crippen molar-refractivity contribution in [3.05, 3.63) is 12.2 Å². The molecule has 0 radical (unpaired) electrons. The van der Waals surface area contributed by atoms with E-state index in [0.29, 0.717) is 6.61 Å². The van der Waals surface area contributed by atoms with Crippen molar-refractivity contribution in [2.24, 2.45) is 0 Å². The first-order valence-electron chi connectivity index (χ1n) is 11.3. The van der Waals surface area contributed by atoms with Gasteiger partial charge in [-0.1, -0.05) is 76.9 Å². The van der Waals surface area contributed by atoms with E-state index < -0.39 is 6.09 Å². The lowest BCUT2D eigenvalue weighted by Crippen LogP contribution is -2.26. The predicted octanol–water partition coefficient (Wildman–Crippen LogP) is 6.31. The maximum atomic E-state index is 11.5. The minimum absolute atomic E-state index is 0.182. The fourth-order valence-corrected chi connectivity index (χ4v) is 2.95. The molecule has 5 nitrogen and oxygen atoms in total. The van der Waals surface area contributed by atoms with E-state index in [4.69, 9.17) is 4.74 Å². The summed E-state index contributed by atoms with van der Waals surface area (Å²) in [5.74, 6) is -0.274. The van der Waals surface area contributed by atoms with Gasteiger partial charge >= 0.3 is 12.1 Å². The van der Waals surface area contributed by atoms with Gasteiger partial charge < -0.3 is 14.8 Å². The quantitative estimate of drug-likeness (QED) is 0.157. The average molecular weight is 398 g/mol. The molecule has 0 aliphatic rings. The van der Waals surface area contributed by atoms with Crippen LogP contribution in [-0.4, -0.2) is 32.3 Å². The van der Waals surface area contributed by atoms with E-state index in [1.807, 2.05) is 0 Å². The van der Waals surface area contributed by atoms with Gasteiger partial charge in [0.25, 0.3) is 0 Å². The lowest BCUT2D eigenvalue weighted by atomic mass is 10.1. The van der Waals surface area contributed by atoms with Crippen molar-refractivity contribution in [3.8, 4) is 0 Å². The van der Waals surface area contributed by atoms with Crippen LogP contribution in [0.25, 0.3) is 0 Å². The van der Waals surface area contributed by atoms with Crippen LogP contribution >= 0.6 is 0 Å². The van der Waals surface area contributed by atoms with Crippen LogP contribution in [0.3, 0.4) is 0 Å². The van der Waals surface area contributed by atoms with Crippen LogP contribution in [0.4, 0.5) is 4.79 Å². The summed E-state index contributed by atoms with van der Waals surface area (Å²) in [5, 5.41) is 2.45. The summed E-state index contributed by atoms with van der Waals surface area (Å²) in [6.45, 7) is 2.98. The Bertz CT molecular complexity index is 396. The van der Waals surface area contributed by atoms with Gasteiger partial charge in [0.1, 0.15) is 0 Å². The monoisotopic (exact) mass is 397 g/mol. The molecular formula is C23H43NO4. The molecule has 0 aromatic heterocycles. The summed E-state index contributed by atoms with van der Waals surface area (Å²) >= 11 is 0. The normalized spacial score (nSPS) is 10.9. The smallest absolute Gasteiger partial charge is 0.406 e. The Morgan fingerprint density at radius 1 is 0.786 bits per heavy atom. The number of amides is 1. The van der Waals surface area contributed by atoms with Crippen molar-refractivity contribution in [2.75, 3.05) is 20.3 Å². The number of carbonyl (C=O) groups is 2. The summed E-state index contributed by atoms with van der Waals surface area (Å²) in [4.78, 5) is 22.3. The largest absolute Gasteiger partial charge is 0.466 e. The molecule has 0 aliphatic carbocycles. The van der Waals surface area contributed by atoms with Gasteiger partial charge in [-0.25, -0.2) is 4.79 Å². The van der Waals surface area contributed by atoms with Crippen LogP contribution in [0.15, 0.2) is 12.2 Å². The zero-order chi connectivity index (χ0) is 20.7. The number of hydrogen-bond donors (Lipinski definition) is 1. The van der Waals surface area contributed by atoms with Crippen LogP contribution < -0.4 is 5.32 Å². The SMILES string of the molecule is CCCCCCCC/C=C/CCCCCCCCOC(=O)CCNC(=O)OC. The number of ether oxygens (including phenoxy) is 2. The highest BCUT2D eigenvalue weighted by Crippen LogP contribution is 2.10. The lowest BCUT2D eigenvalue weighted by molar-refractivity contribution is -0.143. The molecule has 0 bridgehead atoms. The summed E-state index contributed by atoms with van der Waals surface area (Å²) in [6.07, 6.45) is 22.0. The lowest BCUT2D eigenvalue weighted by Gasteiger charge is -2.05. The van der Waals surface area contributed by atoms with Crippen LogP contribution in [0, 0.1) is 0 Å². The molecule has 0 spiro atoms. The van der Waals surface area contributed by atoms with Crippen molar-refractivity contribution >= 4 is 12.1 Å². The minimum Gasteiger partial charge on any atom is -0.466 e. The van der Waals surface area contributed by atoms with E-state index in [1.165, 1.54) is 84.2 Å². The number of nitrogens with one attached hydrogen (secondary N) is 1. The second kappa shape index (κ2) is 21.8. The van der Waals surface area contributed by atoms with E-state index >= 15 is 0 Å². The molecule has 28 heavy (non-hydrogen) atoms. The molecule has 0 saturated heterocycles. The van der Waals surface area contributed by atoms with Gasteiger partial charge in [0.15, 0.2) is 0 Å². The molecule has 0 saturated carbocycles. The van der Waals surface area contributed by atoms with Crippen LogP contribution in [0.5, 0.6) is 0 Å². The van der Waals surface area contributed by atoms with Gasteiger partial charge in [-0.3, -0.25) is 4.79 Å². The summed E-state index contributed by atoms with van der Waals surface area (Å²) in [5.41, 5.74) is 0. The number of methoxy groups -OCH3 is 1. The van der Waals surface area contributed by atoms with E-state index in [1.54, 1.807) is 0 Å². The number of alkyl carbamates (subject to hydrolysis) is 1. The molecule has 0 aromatic carbocycles. The Hall–Kier alpha value is -1.52. The topological polar surface area (TPSA) is 64.6 Å². The second-order valence-corrected chi connectivity index (χ2v) is 7.33. The molecule has 0 aromatic rings. The highest BCUT2D eigenvalue weighted by Gasteiger charge is 2.04. The zero-order valence-corrected chi connectivity index (χ0v) is 18.3. The van der Waals surface area contributed by atoms with Crippen LogP contribution in [-0.2, 0) is 14.3 Å². The Labute approximate surface area is 172 Å². The fraction of sp³-hybridized carbons (Fsp3) is 0.826. The standard InChI is InChI=1S/C23H43NO4/c1-3-4-5-6-7-8-9-10-11-12-13-14-15-16-17-18-21-28-22(25)19-20-24-23(26)27-2/h10-11H,3-9,12-21H2,1-2H3,(H,24,26)/b11-10+. The molecule has 0 unspecified atom stereocenters. The molecule has 0 heterocycles. The number of esters is 1. The van der Waals surface area contributed by atoms with Crippen molar-refractivity contribution in [2.45, 2.75) is 103 Å². The van der Waals surface area contributed by atoms with Crippen molar-refractivity contribution in [1.82, 2.24) is 5.32 Å². The van der Waals surface area contributed by atoms with Gasteiger partial charge in [0, 0.05) is 6.54 Å². The van der Waals surface area contributed by atoms with E-state index in [2.05, 4.69) is 29.1 Å². The van der Waals surface area contributed by atoms with E-state index in [0.717, 1.165) is 12.8 Å². The van der Waals surface area contributed by atoms with Crippen LogP contribution in [0.2, 0.25) is 0 Å². The number of hydrogen-bond acceptors (Lipinski definition) is 4. The molecular weight excluding hydrogens is 354 g/mol. The summed E-state index contributed by atoms with van der Waals surface area (Å²) < 4.78 is 9.56.